The number of hydrogen-bond acceptors (Lipinski definition) is 0. The maximum Gasteiger partial charge on any atom is 0.130 e. The number of hydrogen-bond donors (Lipinski definition) is 1. The van der Waals surface area contributed by atoms with Crippen LogP contribution in [0.3, 0.4) is 0 Å². The van der Waals surface area contributed by atoms with Crippen molar-refractivity contribution < 1.29 is 0 Å². The van der Waals surface area contributed by atoms with Crippen molar-refractivity contribution in [2.75, 3.05) is 0 Å². The van der Waals surface area contributed by atoms with Crippen molar-refractivity contribution in [1.82, 2.24) is 4.98 Å². The van der Waals surface area contributed by atoms with E-state index in [1.807, 2.05) is 18.2 Å². The first-order valence-corrected chi connectivity index (χ1v) is 9.15. The Kier molecular flexibility index (Phi) is 3.09. The highest BCUT2D eigenvalue weighted by Gasteiger charge is 2.06. The Bertz CT molecular complexity index is 618. The minimum atomic E-state index is -1.30. The van der Waals surface area contributed by atoms with Gasteiger partial charge < -0.3 is 4.98 Å². The second-order valence-corrected chi connectivity index (χ2v) is 9.77. The van der Waals surface area contributed by atoms with E-state index in [4.69, 9.17) is 0 Å². The molecule has 0 saturated heterocycles. The van der Waals surface area contributed by atoms with Crippen LogP contribution in [-0.4, -0.2) is 13.1 Å². The number of para-hydroxylation sites is 1. The van der Waals surface area contributed by atoms with Gasteiger partial charge >= 0.3 is 0 Å². The summed E-state index contributed by atoms with van der Waals surface area (Å²) >= 11 is 0. The van der Waals surface area contributed by atoms with Crippen LogP contribution in [0.5, 0.6) is 0 Å². The number of fused-ring (bicyclic) bond motifs is 1. The van der Waals surface area contributed by atoms with Crippen molar-refractivity contribution in [1.29, 1.82) is 0 Å². The molecule has 1 aromatic heterocycles. The zero-order chi connectivity index (χ0) is 12.3. The topological polar surface area (TPSA) is 15.8 Å². The minimum absolute atomic E-state index is 0.927. The summed E-state index contributed by atoms with van der Waals surface area (Å²) in [6.07, 6.45) is 0. The SMILES string of the molecule is C[Si](C)(C)C#CC#Cc1cc2ccccc2[nH]1. The van der Waals surface area contributed by atoms with E-state index in [0.29, 0.717) is 0 Å². The highest BCUT2D eigenvalue weighted by atomic mass is 28.3. The molecule has 0 fully saturated rings. The van der Waals surface area contributed by atoms with Crippen LogP contribution in [0.25, 0.3) is 10.9 Å². The van der Waals surface area contributed by atoms with E-state index in [9.17, 15) is 0 Å². The smallest absolute Gasteiger partial charge is 0.130 e. The first kappa shape index (κ1) is 11.6. The van der Waals surface area contributed by atoms with Crippen molar-refractivity contribution in [2.45, 2.75) is 19.6 Å². The number of H-pyrrole nitrogens is 1. The molecule has 0 atom stereocenters. The van der Waals surface area contributed by atoms with E-state index < -0.39 is 8.07 Å². The lowest BCUT2D eigenvalue weighted by atomic mass is 10.2. The molecule has 0 radical (unpaired) electrons. The minimum Gasteiger partial charge on any atom is -0.348 e. The van der Waals surface area contributed by atoms with Gasteiger partial charge in [-0.25, -0.2) is 0 Å². The van der Waals surface area contributed by atoms with Crippen molar-refractivity contribution >= 4 is 19.0 Å². The van der Waals surface area contributed by atoms with Crippen molar-refractivity contribution in [3.05, 3.63) is 36.0 Å². The molecule has 0 aliphatic carbocycles. The molecular weight excluding hydrogens is 222 g/mol. The van der Waals surface area contributed by atoms with Crippen molar-refractivity contribution in [3.8, 4) is 23.3 Å². The monoisotopic (exact) mass is 237 g/mol. The van der Waals surface area contributed by atoms with Gasteiger partial charge in [-0.1, -0.05) is 37.8 Å². The first-order valence-electron chi connectivity index (χ1n) is 5.65. The van der Waals surface area contributed by atoms with Gasteiger partial charge in [0, 0.05) is 10.9 Å². The van der Waals surface area contributed by atoms with E-state index in [1.54, 1.807) is 0 Å². The number of rotatable bonds is 0. The van der Waals surface area contributed by atoms with Crippen LogP contribution >= 0.6 is 0 Å². The Morgan fingerprint density at radius 1 is 1.06 bits per heavy atom. The summed E-state index contributed by atoms with van der Waals surface area (Å²) < 4.78 is 0. The number of benzene rings is 1. The molecule has 0 bridgehead atoms. The molecule has 17 heavy (non-hydrogen) atoms. The second-order valence-electron chi connectivity index (χ2n) is 5.02. The molecular formula is C15H15NSi. The van der Waals surface area contributed by atoms with Crippen LogP contribution in [-0.2, 0) is 0 Å². The molecule has 0 aliphatic heterocycles. The van der Waals surface area contributed by atoms with E-state index in [-0.39, 0.29) is 0 Å². The Hall–Kier alpha value is -1.90. The van der Waals surface area contributed by atoms with E-state index in [0.717, 1.165) is 11.2 Å². The molecule has 2 rings (SSSR count). The van der Waals surface area contributed by atoms with E-state index >= 15 is 0 Å². The lowest BCUT2D eigenvalue weighted by Crippen LogP contribution is -2.16. The van der Waals surface area contributed by atoms with Crippen molar-refractivity contribution in [3.63, 3.8) is 0 Å². The van der Waals surface area contributed by atoms with Gasteiger partial charge in [0.05, 0.1) is 5.69 Å². The van der Waals surface area contributed by atoms with Gasteiger partial charge in [-0.3, -0.25) is 0 Å². The number of nitrogens with one attached hydrogen (secondary N) is 1. The van der Waals surface area contributed by atoms with Gasteiger partial charge in [0.2, 0.25) is 0 Å². The molecule has 1 heterocycles. The zero-order valence-electron chi connectivity index (χ0n) is 10.4. The molecule has 2 aromatic rings. The fourth-order valence-electron chi connectivity index (χ4n) is 1.46. The lowest BCUT2D eigenvalue weighted by molar-refractivity contribution is 1.42. The molecule has 0 spiro atoms. The van der Waals surface area contributed by atoms with Crippen LogP contribution in [0.1, 0.15) is 5.69 Å². The van der Waals surface area contributed by atoms with Gasteiger partial charge in [0.15, 0.2) is 0 Å². The second kappa shape index (κ2) is 4.53. The summed E-state index contributed by atoms with van der Waals surface area (Å²) in [5, 5.41) is 1.19. The highest BCUT2D eigenvalue weighted by molar-refractivity contribution is 6.83. The fraction of sp³-hybridized carbons (Fsp3) is 0.200. The summed E-state index contributed by atoms with van der Waals surface area (Å²) in [5.74, 6) is 8.91. The lowest BCUT2D eigenvalue weighted by Gasteiger charge is -2.01. The maximum absolute atomic E-state index is 3.26. The summed E-state index contributed by atoms with van der Waals surface area (Å²) in [5.41, 5.74) is 5.27. The molecule has 0 aliphatic rings. The Morgan fingerprint density at radius 3 is 2.53 bits per heavy atom. The van der Waals surface area contributed by atoms with Gasteiger partial charge in [0.25, 0.3) is 0 Å². The Morgan fingerprint density at radius 2 is 1.82 bits per heavy atom. The maximum atomic E-state index is 3.26. The van der Waals surface area contributed by atoms with Crippen molar-refractivity contribution in [2.24, 2.45) is 0 Å². The summed E-state index contributed by atoms with van der Waals surface area (Å²) in [7, 11) is -1.30. The standard InChI is InChI=1S/C15H15NSi/c1-17(2,3)11-7-6-9-14-12-13-8-4-5-10-15(13)16-14/h4-5,8,10,12,16H,1-3H3. The van der Waals surface area contributed by atoms with Crippen LogP contribution in [0.4, 0.5) is 0 Å². The summed E-state index contributed by atoms with van der Waals surface area (Å²) in [4.78, 5) is 3.26. The average molecular weight is 237 g/mol. The van der Waals surface area contributed by atoms with E-state index in [2.05, 4.69) is 60.1 Å². The van der Waals surface area contributed by atoms with Gasteiger partial charge in [-0.05, 0) is 29.9 Å². The molecule has 0 unspecified atom stereocenters. The Labute approximate surface area is 103 Å². The molecule has 1 aromatic carbocycles. The third-order valence-corrected chi connectivity index (χ3v) is 3.10. The average Bonchev–Trinajstić information content (AvgIpc) is 2.65. The van der Waals surface area contributed by atoms with Crippen LogP contribution in [0.15, 0.2) is 30.3 Å². The largest absolute Gasteiger partial charge is 0.348 e. The quantitative estimate of drug-likeness (QED) is 0.534. The fourth-order valence-corrected chi connectivity index (χ4v) is 1.90. The predicted molar refractivity (Wildman–Crippen MR) is 76.3 cm³/mol. The molecule has 0 saturated carbocycles. The van der Waals surface area contributed by atoms with Gasteiger partial charge in [-0.2, -0.15) is 0 Å². The van der Waals surface area contributed by atoms with Crippen LogP contribution in [0.2, 0.25) is 19.6 Å². The van der Waals surface area contributed by atoms with Gasteiger partial charge in [0.1, 0.15) is 8.07 Å². The summed E-state index contributed by atoms with van der Waals surface area (Å²) in [6.45, 7) is 6.64. The molecule has 0 amide bonds. The van der Waals surface area contributed by atoms with E-state index in [1.165, 1.54) is 5.39 Å². The van der Waals surface area contributed by atoms with Crippen LogP contribution in [0, 0.1) is 23.3 Å². The Balaban J connectivity index is 2.24. The molecule has 1 N–H and O–H groups in total. The third kappa shape index (κ3) is 3.28. The predicted octanol–water partition coefficient (Wildman–Crippen LogP) is 3.40. The first-order chi connectivity index (χ1) is 8.04. The molecule has 2 heteroatoms. The number of aromatic amines is 1. The highest BCUT2D eigenvalue weighted by Crippen LogP contribution is 2.13. The third-order valence-electron chi connectivity index (χ3n) is 2.23. The zero-order valence-corrected chi connectivity index (χ0v) is 11.4. The van der Waals surface area contributed by atoms with Gasteiger partial charge in [-0.15, -0.1) is 5.54 Å². The molecule has 1 nitrogen and oxygen atoms in total. The number of aromatic nitrogens is 1. The normalized spacial score (nSPS) is 10.3. The molecule has 84 valence electrons. The van der Waals surface area contributed by atoms with Crippen LogP contribution < -0.4 is 0 Å². The summed E-state index contributed by atoms with van der Waals surface area (Å²) in [6, 6.07) is 10.2.